The Labute approximate surface area is 449 Å². The van der Waals surface area contributed by atoms with Gasteiger partial charge in [-0.15, -0.1) is 0 Å². The van der Waals surface area contributed by atoms with Crippen LogP contribution in [0.4, 0.5) is 0 Å². The van der Waals surface area contributed by atoms with Crippen LogP contribution < -0.4 is 0 Å². The van der Waals surface area contributed by atoms with Gasteiger partial charge in [0.25, 0.3) is 0 Å². The fraction of sp³-hybridized carbons (Fsp3) is 0.627. The number of hydrogen-bond acceptors (Lipinski definition) is 6. The third kappa shape index (κ3) is 58.3. The lowest BCUT2D eigenvalue weighted by Gasteiger charge is -2.18. The Morgan fingerprint density at radius 2 is 0.493 bits per heavy atom. The van der Waals surface area contributed by atoms with Crippen molar-refractivity contribution in [3.63, 3.8) is 0 Å². The molecule has 0 aliphatic rings. The number of allylic oxidation sites excluding steroid dienone is 22. The van der Waals surface area contributed by atoms with Gasteiger partial charge in [0.1, 0.15) is 13.2 Å². The number of unbranched alkanes of at least 4 members (excludes halogenated alkanes) is 19. The molecule has 6 heteroatoms. The second-order valence-corrected chi connectivity index (χ2v) is 19.1. The summed E-state index contributed by atoms with van der Waals surface area (Å²) < 4.78 is 16.9. The zero-order valence-electron chi connectivity index (χ0n) is 47.1. The standard InChI is InChI=1S/C67H108O6/c1-4-7-10-13-16-19-22-25-28-29-30-31-32-33-34-35-36-37-40-42-45-48-51-54-57-60-66(69)72-63-64(73-67(70)61-58-55-52-49-46-43-39-27-24-21-18-15-12-9-6-3)62-71-65(68)59-56-53-50-47-44-41-38-26-23-20-17-14-11-8-5-2/h7-12,16-21,25-28,30-31,33-34,38-39,64H,4-6,13-15,22-24,29,32,35-37,40-63H2,1-3H3/b10-7-,11-8-,12-9-,19-16-,20-17-,21-18-,28-25-,31-30-,34-33-,38-26-,39-27-. The molecule has 0 fully saturated rings. The van der Waals surface area contributed by atoms with Crippen LogP contribution in [-0.2, 0) is 28.6 Å². The van der Waals surface area contributed by atoms with Crippen LogP contribution >= 0.6 is 0 Å². The summed E-state index contributed by atoms with van der Waals surface area (Å²) in [6.07, 6.45) is 84.4. The van der Waals surface area contributed by atoms with E-state index in [1.807, 2.05) is 0 Å². The van der Waals surface area contributed by atoms with Crippen molar-refractivity contribution >= 4 is 17.9 Å². The van der Waals surface area contributed by atoms with Gasteiger partial charge < -0.3 is 14.2 Å². The number of carbonyl (C=O) groups excluding carboxylic acids is 3. The fourth-order valence-electron chi connectivity index (χ4n) is 7.79. The molecule has 0 bridgehead atoms. The Bertz CT molecular complexity index is 1580. The normalized spacial score (nSPS) is 13.1. The molecule has 0 amide bonds. The second-order valence-electron chi connectivity index (χ2n) is 19.1. The van der Waals surface area contributed by atoms with Crippen LogP contribution in [-0.4, -0.2) is 37.2 Å². The fourth-order valence-corrected chi connectivity index (χ4v) is 7.79. The summed E-state index contributed by atoms with van der Waals surface area (Å²) in [6, 6.07) is 0. The first-order valence-electron chi connectivity index (χ1n) is 29.7. The zero-order valence-corrected chi connectivity index (χ0v) is 47.1. The lowest BCUT2D eigenvalue weighted by Crippen LogP contribution is -2.30. The average Bonchev–Trinajstić information content (AvgIpc) is 3.39. The summed E-state index contributed by atoms with van der Waals surface area (Å²) >= 11 is 0. The number of rotatable bonds is 52. The summed E-state index contributed by atoms with van der Waals surface area (Å²) in [5.41, 5.74) is 0. The van der Waals surface area contributed by atoms with Crippen LogP contribution in [0.5, 0.6) is 0 Å². The second kappa shape index (κ2) is 60.1. The Morgan fingerprint density at radius 3 is 0.767 bits per heavy atom. The van der Waals surface area contributed by atoms with E-state index < -0.39 is 6.10 Å². The highest BCUT2D eigenvalue weighted by molar-refractivity contribution is 5.71. The van der Waals surface area contributed by atoms with E-state index in [4.69, 9.17) is 14.2 Å². The smallest absolute Gasteiger partial charge is 0.306 e. The third-order valence-corrected chi connectivity index (χ3v) is 12.1. The van der Waals surface area contributed by atoms with Gasteiger partial charge in [-0.1, -0.05) is 238 Å². The van der Waals surface area contributed by atoms with E-state index in [1.54, 1.807) is 0 Å². The van der Waals surface area contributed by atoms with Crippen LogP contribution in [0.3, 0.4) is 0 Å². The molecule has 0 rings (SSSR count). The van der Waals surface area contributed by atoms with E-state index in [0.717, 1.165) is 173 Å². The van der Waals surface area contributed by atoms with Gasteiger partial charge in [0.15, 0.2) is 6.10 Å². The van der Waals surface area contributed by atoms with Gasteiger partial charge in [-0.3, -0.25) is 14.4 Å². The van der Waals surface area contributed by atoms with E-state index in [9.17, 15) is 14.4 Å². The summed E-state index contributed by atoms with van der Waals surface area (Å²) in [5, 5.41) is 0. The minimum atomic E-state index is -0.802. The van der Waals surface area contributed by atoms with Gasteiger partial charge >= 0.3 is 17.9 Å². The molecular formula is C67H108O6. The van der Waals surface area contributed by atoms with Crippen molar-refractivity contribution in [1.29, 1.82) is 0 Å². The first kappa shape index (κ1) is 68.6. The van der Waals surface area contributed by atoms with Gasteiger partial charge in [-0.2, -0.15) is 0 Å². The monoisotopic (exact) mass is 1010 g/mol. The predicted octanol–water partition coefficient (Wildman–Crippen LogP) is 20.2. The summed E-state index contributed by atoms with van der Waals surface area (Å²) in [7, 11) is 0. The quantitative estimate of drug-likeness (QED) is 0.0261. The molecule has 0 N–H and O–H groups in total. The van der Waals surface area contributed by atoms with Crippen molar-refractivity contribution in [2.45, 2.75) is 258 Å². The topological polar surface area (TPSA) is 78.9 Å². The van der Waals surface area contributed by atoms with Crippen LogP contribution in [0, 0.1) is 0 Å². The molecule has 1 unspecified atom stereocenters. The number of esters is 3. The van der Waals surface area contributed by atoms with E-state index in [-0.39, 0.29) is 31.1 Å². The maximum absolute atomic E-state index is 12.9. The molecule has 0 saturated heterocycles. The molecule has 412 valence electrons. The van der Waals surface area contributed by atoms with Crippen molar-refractivity contribution in [3.05, 3.63) is 134 Å². The Hall–Kier alpha value is -4.45. The minimum absolute atomic E-state index is 0.0980. The first-order valence-corrected chi connectivity index (χ1v) is 29.7. The SMILES string of the molecule is CC/C=C\C/C=C\C/C=C\C/C=C\C/C=C\CCCCCCCCCCCC(=O)OCC(COC(=O)CCCCCCC/C=C\C/C=C\C/C=C\CC)OC(=O)CCCCCCC/C=C\C/C=C\C/C=C\CC. The molecule has 0 aliphatic heterocycles. The lowest BCUT2D eigenvalue weighted by molar-refractivity contribution is -0.167. The molecule has 0 aliphatic carbocycles. The first-order chi connectivity index (χ1) is 36.0. The van der Waals surface area contributed by atoms with Crippen molar-refractivity contribution in [2.75, 3.05) is 13.2 Å². The summed E-state index contributed by atoms with van der Waals surface area (Å²) in [5.74, 6) is -0.940. The van der Waals surface area contributed by atoms with Gasteiger partial charge in [0.2, 0.25) is 0 Å². The van der Waals surface area contributed by atoms with Crippen molar-refractivity contribution in [2.24, 2.45) is 0 Å². The number of ether oxygens (including phenoxy) is 3. The molecule has 0 spiro atoms. The third-order valence-electron chi connectivity index (χ3n) is 12.1. The predicted molar refractivity (Wildman–Crippen MR) is 316 cm³/mol. The molecule has 0 radical (unpaired) electrons. The Balaban J connectivity index is 4.39. The average molecular weight is 1010 g/mol. The molecular weight excluding hydrogens is 901 g/mol. The minimum Gasteiger partial charge on any atom is -0.462 e. The maximum Gasteiger partial charge on any atom is 0.306 e. The molecule has 0 heterocycles. The van der Waals surface area contributed by atoms with Crippen LogP contribution in [0.1, 0.15) is 252 Å². The highest BCUT2D eigenvalue weighted by Gasteiger charge is 2.19. The largest absolute Gasteiger partial charge is 0.462 e. The molecule has 0 aromatic rings. The molecule has 1 atom stereocenters. The lowest BCUT2D eigenvalue weighted by atomic mass is 10.1. The summed E-state index contributed by atoms with van der Waals surface area (Å²) in [6.45, 7) is 6.27. The molecule has 73 heavy (non-hydrogen) atoms. The Kier molecular flexibility index (Phi) is 56.4. The van der Waals surface area contributed by atoms with Crippen molar-refractivity contribution < 1.29 is 28.6 Å². The van der Waals surface area contributed by atoms with Crippen LogP contribution in [0.25, 0.3) is 0 Å². The van der Waals surface area contributed by atoms with Crippen molar-refractivity contribution in [3.8, 4) is 0 Å². The van der Waals surface area contributed by atoms with Crippen LogP contribution in [0.15, 0.2) is 134 Å². The van der Waals surface area contributed by atoms with E-state index in [1.165, 1.54) is 38.5 Å². The molecule has 6 nitrogen and oxygen atoms in total. The van der Waals surface area contributed by atoms with Crippen molar-refractivity contribution in [1.82, 2.24) is 0 Å². The Morgan fingerprint density at radius 1 is 0.274 bits per heavy atom. The number of carbonyl (C=O) groups is 3. The van der Waals surface area contributed by atoms with Gasteiger partial charge in [-0.25, -0.2) is 0 Å². The zero-order chi connectivity index (χ0) is 52.9. The van der Waals surface area contributed by atoms with Gasteiger partial charge in [0, 0.05) is 19.3 Å². The highest BCUT2D eigenvalue weighted by Crippen LogP contribution is 2.14. The van der Waals surface area contributed by atoms with E-state index >= 15 is 0 Å². The molecule has 0 aromatic heterocycles. The van der Waals surface area contributed by atoms with Gasteiger partial charge in [-0.05, 0) is 128 Å². The number of hydrogen-bond donors (Lipinski definition) is 0. The van der Waals surface area contributed by atoms with Gasteiger partial charge in [0.05, 0.1) is 0 Å². The molecule has 0 aromatic carbocycles. The van der Waals surface area contributed by atoms with E-state index in [2.05, 4.69) is 154 Å². The highest BCUT2D eigenvalue weighted by atomic mass is 16.6. The summed E-state index contributed by atoms with van der Waals surface area (Å²) in [4.78, 5) is 38.2. The molecule has 0 saturated carbocycles. The van der Waals surface area contributed by atoms with E-state index in [0.29, 0.717) is 19.3 Å². The van der Waals surface area contributed by atoms with Crippen LogP contribution in [0.2, 0.25) is 0 Å². The maximum atomic E-state index is 12.9.